The zero-order valence-electron chi connectivity index (χ0n) is 29.5. The van der Waals surface area contributed by atoms with E-state index in [-0.39, 0.29) is 61.8 Å². The number of nitrogens with zero attached hydrogens (tertiary/aromatic N) is 3. The third-order valence-electron chi connectivity index (χ3n) is 14.2. The highest BCUT2D eigenvalue weighted by Gasteiger charge is 2.56. The van der Waals surface area contributed by atoms with Crippen LogP contribution in [-0.2, 0) is 28.6 Å². The molecule has 15 unspecified atom stereocenters. The molecule has 3 heterocycles. The molecule has 9 fully saturated rings. The van der Waals surface area contributed by atoms with Crippen LogP contribution in [0.4, 0.5) is 0 Å². The van der Waals surface area contributed by atoms with E-state index in [4.69, 9.17) is 14.2 Å². The number of ether oxygens (including phenoxy) is 3. The first-order chi connectivity index (χ1) is 23.1. The molecule has 11 nitrogen and oxygen atoms in total. The fraction of sp³-hybridized carbons (Fsp3) is 0.919. The minimum absolute atomic E-state index is 0.0452. The van der Waals surface area contributed by atoms with Gasteiger partial charge in [-0.3, -0.25) is 14.4 Å². The van der Waals surface area contributed by atoms with E-state index >= 15 is 0 Å². The number of piperidine rings is 3. The number of aliphatic hydroxyl groups is 2. The fourth-order valence-electron chi connectivity index (χ4n) is 12.7. The number of likely N-dealkylation sites (tertiary alicyclic amines) is 3. The maximum Gasteiger partial charge on any atom is 0.248 e. The number of amides is 3. The standard InChI is InChI=1S/C13H21NO2.2C12H19NO3/c1-8-10-3-9-4-11(5-10)13(8)14(6-9)12(15)7-16-2;2*1-16-6-10(14)13-5-7-2-8-4-9(3-7)12(15)11(8)13/h8-11,13H,3-7H2,1-2H3;2*7-9,11-12,15H,2-6H2,1H3. The van der Waals surface area contributed by atoms with Gasteiger partial charge < -0.3 is 39.1 Å². The Hall–Kier alpha value is -1.79. The number of rotatable bonds is 6. The summed E-state index contributed by atoms with van der Waals surface area (Å²) >= 11 is 0. The van der Waals surface area contributed by atoms with Gasteiger partial charge in [-0.2, -0.15) is 0 Å². The van der Waals surface area contributed by atoms with Gasteiger partial charge in [-0.1, -0.05) is 6.92 Å². The Morgan fingerprint density at radius 1 is 0.500 bits per heavy atom. The van der Waals surface area contributed by atoms with Crippen molar-refractivity contribution in [2.24, 2.45) is 59.2 Å². The molecule has 9 bridgehead atoms. The number of carbonyl (C=O) groups is 3. The number of hydrogen-bond acceptors (Lipinski definition) is 8. The molecule has 270 valence electrons. The zero-order valence-corrected chi connectivity index (χ0v) is 29.5. The molecule has 48 heavy (non-hydrogen) atoms. The van der Waals surface area contributed by atoms with Gasteiger partial charge in [0.25, 0.3) is 0 Å². The highest BCUT2D eigenvalue weighted by molar-refractivity contribution is 5.79. The second kappa shape index (κ2) is 14.1. The molecule has 0 aromatic heterocycles. The Morgan fingerprint density at radius 3 is 1.21 bits per heavy atom. The first-order valence-electron chi connectivity index (χ1n) is 18.8. The van der Waals surface area contributed by atoms with Crippen molar-refractivity contribution in [1.82, 2.24) is 14.7 Å². The summed E-state index contributed by atoms with van der Waals surface area (Å²) in [5.74, 6) is 6.61. The summed E-state index contributed by atoms with van der Waals surface area (Å²) in [6, 6.07) is 0.671. The lowest BCUT2D eigenvalue weighted by Gasteiger charge is -2.42. The van der Waals surface area contributed by atoms with Crippen LogP contribution < -0.4 is 0 Å². The summed E-state index contributed by atoms with van der Waals surface area (Å²) in [6.45, 7) is 5.54. The van der Waals surface area contributed by atoms with Crippen molar-refractivity contribution in [1.29, 1.82) is 0 Å². The number of aliphatic hydroxyl groups excluding tert-OH is 2. The van der Waals surface area contributed by atoms with Gasteiger partial charge in [0.05, 0.1) is 24.3 Å². The molecule has 3 aliphatic heterocycles. The van der Waals surface area contributed by atoms with Crippen molar-refractivity contribution in [3.63, 3.8) is 0 Å². The maximum atomic E-state index is 12.1. The number of hydrogen-bond donors (Lipinski definition) is 2. The van der Waals surface area contributed by atoms with Gasteiger partial charge in [0.1, 0.15) is 19.8 Å². The summed E-state index contributed by atoms with van der Waals surface area (Å²) in [5.41, 5.74) is 0. The van der Waals surface area contributed by atoms with Crippen molar-refractivity contribution in [3.8, 4) is 0 Å². The third kappa shape index (κ3) is 6.22. The summed E-state index contributed by atoms with van der Waals surface area (Å²) in [7, 11) is 4.70. The largest absolute Gasteiger partial charge is 0.391 e. The van der Waals surface area contributed by atoms with E-state index in [1.165, 1.54) is 32.1 Å². The first-order valence-corrected chi connectivity index (χ1v) is 18.8. The Bertz CT molecular complexity index is 1050. The van der Waals surface area contributed by atoms with E-state index in [0.717, 1.165) is 63.1 Å². The molecule has 9 aliphatic rings. The first kappa shape index (κ1) is 34.6. The quantitative estimate of drug-likeness (QED) is 0.439. The molecule has 0 aromatic rings. The Labute approximate surface area is 286 Å². The molecule has 2 N–H and O–H groups in total. The molecular weight excluding hydrogens is 614 g/mol. The van der Waals surface area contributed by atoms with Gasteiger partial charge in [0.2, 0.25) is 17.7 Å². The minimum atomic E-state index is -0.293. The Morgan fingerprint density at radius 2 is 0.812 bits per heavy atom. The van der Waals surface area contributed by atoms with Crippen LogP contribution in [-0.4, -0.2) is 134 Å². The van der Waals surface area contributed by atoms with Crippen LogP contribution in [0.15, 0.2) is 0 Å². The lowest BCUT2D eigenvalue weighted by Crippen LogP contribution is -2.53. The summed E-state index contributed by atoms with van der Waals surface area (Å²) in [5, 5.41) is 20.5. The van der Waals surface area contributed by atoms with Crippen LogP contribution in [0.25, 0.3) is 0 Å². The topological polar surface area (TPSA) is 129 Å². The van der Waals surface area contributed by atoms with Crippen LogP contribution in [0.5, 0.6) is 0 Å². The van der Waals surface area contributed by atoms with Gasteiger partial charge in [0, 0.05) is 47.0 Å². The van der Waals surface area contributed by atoms with E-state index in [0.29, 0.717) is 47.5 Å². The predicted molar refractivity (Wildman–Crippen MR) is 176 cm³/mol. The van der Waals surface area contributed by atoms with E-state index < -0.39 is 0 Å². The monoisotopic (exact) mass is 673 g/mol. The van der Waals surface area contributed by atoms with E-state index in [1.807, 2.05) is 9.80 Å². The average Bonchev–Trinajstić information content (AvgIpc) is 3.41. The zero-order chi connectivity index (χ0) is 33.9. The Balaban J connectivity index is 0.000000114. The minimum Gasteiger partial charge on any atom is -0.391 e. The van der Waals surface area contributed by atoms with Crippen molar-refractivity contribution in [2.45, 2.75) is 95.0 Å². The summed E-state index contributed by atoms with van der Waals surface area (Å²) in [4.78, 5) is 41.8. The maximum absolute atomic E-state index is 12.1. The molecule has 0 spiro atoms. The van der Waals surface area contributed by atoms with Crippen molar-refractivity contribution < 1.29 is 38.8 Å². The second-order valence-electron chi connectivity index (χ2n) is 17.0. The summed E-state index contributed by atoms with van der Waals surface area (Å²) < 4.78 is 14.8. The van der Waals surface area contributed by atoms with Gasteiger partial charge in [-0.15, -0.1) is 0 Å². The van der Waals surface area contributed by atoms with E-state index in [2.05, 4.69) is 11.8 Å². The van der Waals surface area contributed by atoms with Gasteiger partial charge >= 0.3 is 0 Å². The van der Waals surface area contributed by atoms with Crippen molar-refractivity contribution in [2.75, 3.05) is 60.8 Å². The molecular formula is C37H59N3O8. The lowest BCUT2D eigenvalue weighted by molar-refractivity contribution is -0.143. The lowest BCUT2D eigenvalue weighted by atomic mass is 9.78. The molecule has 15 atom stereocenters. The molecule has 9 rings (SSSR count). The molecule has 3 amide bonds. The van der Waals surface area contributed by atoms with E-state index in [9.17, 15) is 24.6 Å². The van der Waals surface area contributed by atoms with Crippen molar-refractivity contribution in [3.05, 3.63) is 0 Å². The molecule has 0 radical (unpaired) electrons. The van der Waals surface area contributed by atoms with Crippen LogP contribution in [0.1, 0.15) is 64.7 Å². The number of fused-ring (bicyclic) bond motifs is 6. The second-order valence-corrected chi connectivity index (χ2v) is 17.0. The van der Waals surface area contributed by atoms with Crippen LogP contribution in [0, 0.1) is 59.2 Å². The molecule has 11 heteroatoms. The van der Waals surface area contributed by atoms with Gasteiger partial charge in [-0.05, 0) is 117 Å². The molecule has 6 saturated carbocycles. The van der Waals surface area contributed by atoms with Crippen LogP contribution in [0.2, 0.25) is 0 Å². The highest BCUT2D eigenvalue weighted by Crippen LogP contribution is 2.54. The number of methoxy groups -OCH3 is 3. The third-order valence-corrected chi connectivity index (χ3v) is 14.2. The van der Waals surface area contributed by atoms with Gasteiger partial charge in [-0.25, -0.2) is 0 Å². The normalized spacial score (nSPS) is 45.1. The fourth-order valence-corrected chi connectivity index (χ4v) is 12.7. The Kier molecular flexibility index (Phi) is 10.2. The molecule has 0 aromatic carbocycles. The van der Waals surface area contributed by atoms with E-state index in [1.54, 1.807) is 21.3 Å². The SMILES string of the molecule is COCC(=O)N1CC2CC3CC(C2)C1C3C.COCC(=O)N1CC2CC3CC(C2)C1C3O.COCC(=O)N1CC2CC3CC(C2)C1C3O. The highest BCUT2D eigenvalue weighted by atomic mass is 16.5. The van der Waals surface area contributed by atoms with Crippen LogP contribution >= 0.6 is 0 Å². The molecule has 6 aliphatic carbocycles. The summed E-state index contributed by atoms with van der Waals surface area (Å²) in [6.07, 6.45) is 10.3. The average molecular weight is 674 g/mol. The molecule has 3 saturated heterocycles. The predicted octanol–water partition coefficient (Wildman–Crippen LogP) is 2.03. The van der Waals surface area contributed by atoms with Crippen LogP contribution in [0.3, 0.4) is 0 Å². The smallest absolute Gasteiger partial charge is 0.248 e. The van der Waals surface area contributed by atoms with Crippen molar-refractivity contribution >= 4 is 17.7 Å². The van der Waals surface area contributed by atoms with Gasteiger partial charge in [0.15, 0.2) is 0 Å². The number of carbonyl (C=O) groups excluding carboxylic acids is 3.